The van der Waals surface area contributed by atoms with Gasteiger partial charge in [0, 0.05) is 42.0 Å². The number of pyridine rings is 1. The first-order chi connectivity index (χ1) is 16.9. The van der Waals surface area contributed by atoms with Crippen molar-refractivity contribution in [1.29, 1.82) is 0 Å². The molecule has 0 fully saturated rings. The quantitative estimate of drug-likeness (QED) is 0.243. The molecule has 176 valence electrons. The predicted octanol–water partition coefficient (Wildman–Crippen LogP) is 5.86. The lowest BCUT2D eigenvalue weighted by Crippen LogP contribution is -2.22. The second kappa shape index (κ2) is 11.3. The number of aromatic nitrogens is 1. The Balaban J connectivity index is 1.43. The molecule has 1 aromatic heterocycles. The number of hydrogen-bond acceptors (Lipinski definition) is 4. The fourth-order valence-corrected chi connectivity index (χ4v) is 4.78. The average Bonchev–Trinajstić information content (AvgIpc) is 2.88. The first kappa shape index (κ1) is 24.6. The minimum absolute atomic E-state index is 0.175. The zero-order valence-electron chi connectivity index (χ0n) is 19.2. The van der Waals surface area contributed by atoms with Gasteiger partial charge in [-0.25, -0.2) is 4.39 Å². The summed E-state index contributed by atoms with van der Waals surface area (Å²) in [6.45, 7) is 4.68. The second-order valence-electron chi connectivity index (χ2n) is 7.88. The summed E-state index contributed by atoms with van der Waals surface area (Å²) in [6, 6.07) is 23.7. The van der Waals surface area contributed by atoms with E-state index in [1.54, 1.807) is 42.4 Å². The second-order valence-corrected chi connectivity index (χ2v) is 9.70. The third-order valence-corrected chi connectivity index (χ3v) is 6.88. The van der Waals surface area contributed by atoms with Gasteiger partial charge in [-0.1, -0.05) is 36.9 Å². The molecule has 1 atom stereocenters. The first-order valence-corrected chi connectivity index (χ1v) is 12.3. The van der Waals surface area contributed by atoms with Gasteiger partial charge in [-0.3, -0.25) is 9.78 Å². The van der Waals surface area contributed by atoms with E-state index in [1.165, 1.54) is 12.1 Å². The first-order valence-electron chi connectivity index (χ1n) is 10.9. The van der Waals surface area contributed by atoms with Crippen molar-refractivity contribution in [3.63, 3.8) is 0 Å². The number of rotatable bonds is 8. The Labute approximate surface area is 211 Å². The topological polar surface area (TPSA) is 45.2 Å². The van der Waals surface area contributed by atoms with Crippen LogP contribution in [0.15, 0.2) is 103 Å². The average molecular weight is 502 g/mol. The summed E-state index contributed by atoms with van der Waals surface area (Å²) < 4.78 is 15.1. The van der Waals surface area contributed by atoms with E-state index in [-0.39, 0.29) is 11.7 Å². The van der Waals surface area contributed by atoms with E-state index in [0.717, 1.165) is 38.2 Å². The summed E-state index contributed by atoms with van der Waals surface area (Å²) in [6.07, 6.45) is 3.58. The Bertz CT molecular complexity index is 1340. The zero-order chi connectivity index (χ0) is 24.8. The van der Waals surface area contributed by atoms with Crippen molar-refractivity contribution in [2.75, 3.05) is 11.4 Å². The van der Waals surface area contributed by atoms with Crippen LogP contribution in [0.2, 0.25) is 0 Å². The highest BCUT2D eigenvalue weighted by Crippen LogP contribution is 2.35. The van der Waals surface area contributed by atoms with E-state index in [0.29, 0.717) is 12.1 Å². The zero-order valence-corrected chi connectivity index (χ0v) is 21.2. The van der Waals surface area contributed by atoms with Gasteiger partial charge in [-0.05, 0) is 82.5 Å². The Kier molecular flexibility index (Phi) is 7.96. The monoisotopic (exact) mass is 501 g/mol. The van der Waals surface area contributed by atoms with Gasteiger partial charge in [-0.15, -0.1) is 9.24 Å². The van der Waals surface area contributed by atoms with Crippen molar-refractivity contribution in [3.8, 4) is 0 Å². The number of nitrogens with one attached hydrogen (secondary N) is 1. The highest BCUT2D eigenvalue weighted by Gasteiger charge is 2.14. The third kappa shape index (κ3) is 6.16. The Morgan fingerprint density at radius 2 is 1.74 bits per heavy atom. The maximum absolute atomic E-state index is 13.0. The molecule has 4 aromatic rings. The van der Waals surface area contributed by atoms with Crippen molar-refractivity contribution in [3.05, 3.63) is 126 Å². The lowest BCUT2D eigenvalue weighted by atomic mass is 9.99. The molecule has 0 aliphatic rings. The van der Waals surface area contributed by atoms with Crippen molar-refractivity contribution in [1.82, 2.24) is 10.3 Å². The van der Waals surface area contributed by atoms with Crippen LogP contribution in [-0.2, 0) is 6.54 Å². The molecule has 0 aliphatic carbocycles. The third-order valence-electron chi connectivity index (χ3n) is 5.47. The molecule has 0 saturated heterocycles. The lowest BCUT2D eigenvalue weighted by molar-refractivity contribution is 0.0951. The standard InChI is InChI=1S/C28H25FN3OPS/c1-19(25-15-16-30-18-27(25)34)24-5-3-4-6-26(24)32(2)35-23-13-9-21(10-14-23)28(33)31-17-20-7-11-22(29)12-8-20/h3-16,18H,1,17,34H2,2H3,(H,31,33). The molecular formula is C28H25FN3OPS. The molecule has 0 radical (unpaired) electrons. The number of amides is 1. The van der Waals surface area contributed by atoms with Gasteiger partial charge in [0.1, 0.15) is 5.82 Å². The van der Waals surface area contributed by atoms with Crippen LogP contribution in [0, 0.1) is 5.82 Å². The van der Waals surface area contributed by atoms with Crippen LogP contribution < -0.4 is 14.9 Å². The van der Waals surface area contributed by atoms with E-state index in [4.69, 9.17) is 0 Å². The molecule has 0 spiro atoms. The van der Waals surface area contributed by atoms with Crippen molar-refractivity contribution in [2.24, 2.45) is 0 Å². The van der Waals surface area contributed by atoms with E-state index >= 15 is 0 Å². The molecule has 1 N–H and O–H groups in total. The largest absolute Gasteiger partial charge is 0.348 e. The highest BCUT2D eigenvalue weighted by molar-refractivity contribution is 8.00. The molecule has 0 saturated carbocycles. The number of carbonyl (C=O) groups excluding carboxylic acids is 1. The highest BCUT2D eigenvalue weighted by atomic mass is 32.2. The number of halogens is 1. The molecule has 1 unspecified atom stereocenters. The molecule has 1 amide bonds. The molecule has 4 rings (SSSR count). The van der Waals surface area contributed by atoms with Crippen molar-refractivity contribution >= 4 is 43.7 Å². The molecule has 1 heterocycles. The van der Waals surface area contributed by atoms with Crippen LogP contribution in [0.3, 0.4) is 0 Å². The lowest BCUT2D eigenvalue weighted by Gasteiger charge is -2.22. The summed E-state index contributed by atoms with van der Waals surface area (Å²) in [7, 11) is 4.72. The van der Waals surface area contributed by atoms with Crippen LogP contribution in [0.25, 0.3) is 5.57 Å². The molecule has 35 heavy (non-hydrogen) atoms. The van der Waals surface area contributed by atoms with Gasteiger partial charge in [-0.2, -0.15) is 0 Å². The molecule has 0 bridgehead atoms. The van der Waals surface area contributed by atoms with Crippen LogP contribution in [0.5, 0.6) is 0 Å². The van der Waals surface area contributed by atoms with Gasteiger partial charge in [0.2, 0.25) is 0 Å². The van der Waals surface area contributed by atoms with Gasteiger partial charge in [0.25, 0.3) is 5.91 Å². The smallest absolute Gasteiger partial charge is 0.251 e. The van der Waals surface area contributed by atoms with E-state index in [9.17, 15) is 9.18 Å². The number of benzene rings is 3. The molecule has 7 heteroatoms. The molecular weight excluding hydrogens is 476 g/mol. The summed E-state index contributed by atoms with van der Waals surface area (Å²) in [5.41, 5.74) is 5.44. The Morgan fingerprint density at radius 3 is 2.46 bits per heavy atom. The van der Waals surface area contributed by atoms with Gasteiger partial charge < -0.3 is 9.62 Å². The van der Waals surface area contributed by atoms with Crippen LogP contribution in [0.4, 0.5) is 10.1 Å². The van der Waals surface area contributed by atoms with Gasteiger partial charge >= 0.3 is 0 Å². The van der Waals surface area contributed by atoms with E-state index < -0.39 is 0 Å². The number of anilines is 1. The van der Waals surface area contributed by atoms with Crippen LogP contribution in [-0.4, -0.2) is 17.9 Å². The molecule has 4 nitrogen and oxygen atoms in total. The minimum atomic E-state index is -0.295. The van der Waals surface area contributed by atoms with Crippen molar-refractivity contribution < 1.29 is 9.18 Å². The summed E-state index contributed by atoms with van der Waals surface area (Å²) in [5.74, 6) is -0.469. The summed E-state index contributed by atoms with van der Waals surface area (Å²) in [4.78, 5) is 17.7. The number of para-hydroxylation sites is 1. The number of hydrogen-bond donors (Lipinski definition) is 1. The molecule has 0 aliphatic heterocycles. The van der Waals surface area contributed by atoms with Gasteiger partial charge in [0.05, 0.1) is 5.69 Å². The fraction of sp³-hybridized carbons (Fsp3) is 0.0714. The van der Waals surface area contributed by atoms with E-state index in [2.05, 4.69) is 42.6 Å². The maximum atomic E-state index is 13.0. The normalized spacial score (nSPS) is 10.6. The van der Waals surface area contributed by atoms with Crippen molar-refractivity contribution in [2.45, 2.75) is 11.4 Å². The fourth-order valence-electron chi connectivity index (χ4n) is 3.59. The predicted molar refractivity (Wildman–Crippen MR) is 146 cm³/mol. The van der Waals surface area contributed by atoms with Crippen LogP contribution in [0.1, 0.15) is 27.0 Å². The van der Waals surface area contributed by atoms with E-state index in [1.807, 2.05) is 43.6 Å². The van der Waals surface area contributed by atoms with Gasteiger partial charge in [0.15, 0.2) is 0 Å². The van der Waals surface area contributed by atoms with Crippen LogP contribution >= 0.6 is 21.2 Å². The number of nitrogens with zero attached hydrogens (tertiary/aromatic N) is 2. The molecule has 3 aromatic carbocycles. The summed E-state index contributed by atoms with van der Waals surface area (Å²) >= 11 is 1.57. The Hall–Kier alpha value is -3.47. The Morgan fingerprint density at radius 1 is 1.03 bits per heavy atom. The number of carbonyl (C=O) groups is 1. The maximum Gasteiger partial charge on any atom is 0.251 e. The SMILES string of the molecule is C=C(c1ccncc1P)c1ccccc1N(C)Sc1ccc(C(=O)NCc2ccc(F)cc2)cc1. The minimum Gasteiger partial charge on any atom is -0.348 e. The summed E-state index contributed by atoms with van der Waals surface area (Å²) in [5, 5.41) is 3.86.